The Morgan fingerprint density at radius 2 is 2.25 bits per heavy atom. The first-order valence-corrected chi connectivity index (χ1v) is 5.86. The Morgan fingerprint density at radius 1 is 1.50 bits per heavy atom. The van der Waals surface area contributed by atoms with Gasteiger partial charge in [0, 0.05) is 6.54 Å². The van der Waals surface area contributed by atoms with Crippen molar-refractivity contribution < 1.29 is 9.84 Å². The van der Waals surface area contributed by atoms with Crippen LogP contribution in [0.25, 0.3) is 0 Å². The molecule has 0 amide bonds. The van der Waals surface area contributed by atoms with Gasteiger partial charge in [0.25, 0.3) is 0 Å². The number of rotatable bonds is 5. The zero-order valence-electron chi connectivity index (χ0n) is 9.65. The molecule has 88 valence electrons. The highest BCUT2D eigenvalue weighted by atomic mass is 16.5. The third-order valence-corrected chi connectivity index (χ3v) is 3.21. The molecule has 1 aliphatic carbocycles. The quantitative estimate of drug-likeness (QED) is 0.794. The van der Waals surface area contributed by atoms with Crippen molar-refractivity contribution in [2.75, 3.05) is 13.2 Å². The van der Waals surface area contributed by atoms with Crippen LogP contribution in [-0.4, -0.2) is 18.3 Å². The number of ether oxygens (including phenoxy) is 1. The smallest absolute Gasteiger partial charge is 0.119 e. The average molecular weight is 221 g/mol. The van der Waals surface area contributed by atoms with E-state index >= 15 is 0 Å². The van der Waals surface area contributed by atoms with Crippen molar-refractivity contribution in [2.45, 2.75) is 25.4 Å². The van der Waals surface area contributed by atoms with Gasteiger partial charge in [-0.25, -0.2) is 0 Å². The highest BCUT2D eigenvalue weighted by molar-refractivity contribution is 5.34. The van der Waals surface area contributed by atoms with Gasteiger partial charge in [-0.15, -0.1) is 0 Å². The summed E-state index contributed by atoms with van der Waals surface area (Å²) >= 11 is 0. The van der Waals surface area contributed by atoms with Gasteiger partial charge in [-0.2, -0.15) is 0 Å². The van der Waals surface area contributed by atoms with E-state index in [0.29, 0.717) is 12.5 Å². The molecule has 1 atom stereocenters. The van der Waals surface area contributed by atoms with Gasteiger partial charge in [0.2, 0.25) is 0 Å². The van der Waals surface area contributed by atoms with E-state index < -0.39 is 5.60 Å². The second-order valence-electron chi connectivity index (χ2n) is 4.36. The molecule has 0 saturated heterocycles. The molecule has 1 aliphatic rings. The van der Waals surface area contributed by atoms with E-state index in [1.807, 2.05) is 31.2 Å². The maximum atomic E-state index is 10.5. The number of hydrogen-bond donors (Lipinski definition) is 2. The molecule has 3 nitrogen and oxygen atoms in total. The Balaban J connectivity index is 2.27. The molecule has 3 N–H and O–H groups in total. The molecule has 0 radical (unpaired) electrons. The van der Waals surface area contributed by atoms with Crippen LogP contribution >= 0.6 is 0 Å². The maximum Gasteiger partial charge on any atom is 0.119 e. The van der Waals surface area contributed by atoms with Crippen LogP contribution < -0.4 is 10.5 Å². The Kier molecular flexibility index (Phi) is 3.17. The fourth-order valence-corrected chi connectivity index (χ4v) is 2.10. The molecule has 0 spiro atoms. The highest BCUT2D eigenvalue weighted by Gasteiger charge is 2.44. The zero-order chi connectivity index (χ0) is 11.6. The summed E-state index contributed by atoms with van der Waals surface area (Å²) in [4.78, 5) is 0. The summed E-state index contributed by atoms with van der Waals surface area (Å²) in [6.07, 6.45) is 2.12. The highest BCUT2D eigenvalue weighted by Crippen LogP contribution is 2.45. The third-order valence-electron chi connectivity index (χ3n) is 3.21. The molecule has 1 aromatic carbocycles. The summed E-state index contributed by atoms with van der Waals surface area (Å²) in [5.74, 6) is 1.11. The Morgan fingerprint density at radius 3 is 2.81 bits per heavy atom. The fourth-order valence-electron chi connectivity index (χ4n) is 2.10. The van der Waals surface area contributed by atoms with Crippen LogP contribution in [-0.2, 0) is 5.60 Å². The molecular weight excluding hydrogens is 202 g/mol. The lowest BCUT2D eigenvalue weighted by molar-refractivity contribution is 0.0220. The van der Waals surface area contributed by atoms with E-state index in [4.69, 9.17) is 10.5 Å². The molecule has 0 aliphatic heterocycles. The molecule has 16 heavy (non-hydrogen) atoms. The molecule has 1 aromatic rings. The number of hydrogen-bond acceptors (Lipinski definition) is 3. The molecule has 0 heterocycles. The monoisotopic (exact) mass is 221 g/mol. The first-order valence-electron chi connectivity index (χ1n) is 5.86. The van der Waals surface area contributed by atoms with E-state index in [1.54, 1.807) is 0 Å². The van der Waals surface area contributed by atoms with Crippen molar-refractivity contribution in [3.8, 4) is 5.75 Å². The predicted octanol–water partition coefficient (Wildman–Crippen LogP) is 1.64. The van der Waals surface area contributed by atoms with Gasteiger partial charge in [-0.3, -0.25) is 0 Å². The largest absolute Gasteiger partial charge is 0.494 e. The molecule has 2 rings (SSSR count). The van der Waals surface area contributed by atoms with Crippen LogP contribution in [0.15, 0.2) is 24.3 Å². The van der Waals surface area contributed by atoms with Gasteiger partial charge in [0.15, 0.2) is 0 Å². The zero-order valence-corrected chi connectivity index (χ0v) is 9.65. The summed E-state index contributed by atoms with van der Waals surface area (Å²) < 4.78 is 5.43. The SMILES string of the molecule is CCOc1cccc(C(O)(CN)C2CC2)c1. The first-order chi connectivity index (χ1) is 7.70. The molecule has 0 bridgehead atoms. The summed E-state index contributed by atoms with van der Waals surface area (Å²) in [5.41, 5.74) is 5.72. The first kappa shape index (κ1) is 11.4. The summed E-state index contributed by atoms with van der Waals surface area (Å²) in [6, 6.07) is 7.63. The predicted molar refractivity (Wildman–Crippen MR) is 63.3 cm³/mol. The standard InChI is InChI=1S/C13H19NO2/c1-2-16-12-5-3-4-11(8-12)13(15,9-14)10-6-7-10/h3-5,8,10,15H,2,6-7,9,14H2,1H3. The van der Waals surface area contributed by atoms with E-state index in [1.165, 1.54) is 0 Å². The number of nitrogens with two attached hydrogens (primary N) is 1. The summed E-state index contributed by atoms with van der Waals surface area (Å²) in [7, 11) is 0. The van der Waals surface area contributed by atoms with Gasteiger partial charge in [-0.05, 0) is 43.4 Å². The minimum absolute atomic E-state index is 0.271. The molecular formula is C13H19NO2. The molecule has 3 heteroatoms. The van der Waals surface area contributed by atoms with E-state index in [9.17, 15) is 5.11 Å². The van der Waals surface area contributed by atoms with Gasteiger partial charge in [0.1, 0.15) is 11.4 Å². The van der Waals surface area contributed by atoms with Gasteiger partial charge in [-0.1, -0.05) is 12.1 Å². The van der Waals surface area contributed by atoms with E-state index in [2.05, 4.69) is 0 Å². The van der Waals surface area contributed by atoms with Crippen LogP contribution in [0.3, 0.4) is 0 Å². The lowest BCUT2D eigenvalue weighted by Crippen LogP contribution is -2.37. The number of benzene rings is 1. The van der Waals surface area contributed by atoms with Gasteiger partial charge in [0.05, 0.1) is 6.61 Å². The van der Waals surface area contributed by atoms with Crippen molar-refractivity contribution in [1.29, 1.82) is 0 Å². The minimum Gasteiger partial charge on any atom is -0.494 e. The average Bonchev–Trinajstić information content (AvgIpc) is 3.13. The Bertz CT molecular complexity index is 363. The normalized spacial score (nSPS) is 19.2. The van der Waals surface area contributed by atoms with Crippen LogP contribution in [0.5, 0.6) is 5.75 Å². The van der Waals surface area contributed by atoms with E-state index in [0.717, 1.165) is 24.2 Å². The number of aliphatic hydroxyl groups is 1. The maximum absolute atomic E-state index is 10.5. The molecule has 1 fully saturated rings. The Hall–Kier alpha value is -1.06. The molecule has 0 aromatic heterocycles. The summed E-state index contributed by atoms with van der Waals surface area (Å²) in [6.45, 7) is 2.85. The van der Waals surface area contributed by atoms with Crippen LogP contribution in [0, 0.1) is 5.92 Å². The van der Waals surface area contributed by atoms with Crippen LogP contribution in [0.4, 0.5) is 0 Å². The Labute approximate surface area is 96.2 Å². The topological polar surface area (TPSA) is 55.5 Å². The van der Waals surface area contributed by atoms with Crippen molar-refractivity contribution in [3.63, 3.8) is 0 Å². The fraction of sp³-hybridized carbons (Fsp3) is 0.538. The minimum atomic E-state index is -0.868. The second kappa shape index (κ2) is 4.44. The van der Waals surface area contributed by atoms with Gasteiger partial charge >= 0.3 is 0 Å². The van der Waals surface area contributed by atoms with Crippen molar-refractivity contribution in [3.05, 3.63) is 29.8 Å². The summed E-state index contributed by atoms with van der Waals surface area (Å²) in [5, 5.41) is 10.5. The van der Waals surface area contributed by atoms with E-state index in [-0.39, 0.29) is 6.54 Å². The third kappa shape index (κ3) is 2.06. The molecule has 1 saturated carbocycles. The van der Waals surface area contributed by atoms with Crippen LogP contribution in [0.1, 0.15) is 25.3 Å². The van der Waals surface area contributed by atoms with Crippen LogP contribution in [0.2, 0.25) is 0 Å². The van der Waals surface area contributed by atoms with Gasteiger partial charge < -0.3 is 15.6 Å². The van der Waals surface area contributed by atoms with Crippen molar-refractivity contribution in [2.24, 2.45) is 11.7 Å². The lowest BCUT2D eigenvalue weighted by atomic mass is 9.89. The second-order valence-corrected chi connectivity index (χ2v) is 4.36. The van der Waals surface area contributed by atoms with Crippen molar-refractivity contribution in [1.82, 2.24) is 0 Å². The van der Waals surface area contributed by atoms with Crippen molar-refractivity contribution >= 4 is 0 Å². The lowest BCUT2D eigenvalue weighted by Gasteiger charge is -2.27. The molecule has 1 unspecified atom stereocenters.